The van der Waals surface area contributed by atoms with E-state index >= 15 is 0 Å². The van der Waals surface area contributed by atoms with Crippen LogP contribution in [0.3, 0.4) is 0 Å². The number of amides is 2. The number of fused-ring (bicyclic) bond motifs is 1. The van der Waals surface area contributed by atoms with Crippen LogP contribution in [-0.2, 0) is 4.79 Å². The molecule has 0 saturated carbocycles. The lowest BCUT2D eigenvalue weighted by Crippen LogP contribution is -2.62. The second-order valence-corrected chi connectivity index (χ2v) is 6.89. The van der Waals surface area contributed by atoms with Crippen molar-refractivity contribution >= 4 is 23.2 Å². The fourth-order valence-electron chi connectivity index (χ4n) is 3.68. The second-order valence-electron chi connectivity index (χ2n) is 6.89. The summed E-state index contributed by atoms with van der Waals surface area (Å²) >= 11 is 0. The number of hydrogen-bond acceptors (Lipinski definition) is 3. The van der Waals surface area contributed by atoms with Crippen molar-refractivity contribution in [2.75, 3.05) is 26.2 Å². The molecule has 0 bridgehead atoms. The minimum absolute atomic E-state index is 0.0940. The van der Waals surface area contributed by atoms with Gasteiger partial charge in [0.05, 0.1) is 0 Å². The monoisotopic (exact) mass is 326 g/mol. The highest BCUT2D eigenvalue weighted by Gasteiger charge is 2.34. The van der Waals surface area contributed by atoms with Crippen molar-refractivity contribution in [3.63, 3.8) is 0 Å². The standard InChI is InChI=1S/C18H22N4O2/c1-12-7-19-17-3-2-13(6-16(12)17)18(24)22-9-15(10-22)20-14-4-5-21(8-14)11-23/h2-3,6-7,11,14-15,19-20H,4-5,8-10H2,1H3. The van der Waals surface area contributed by atoms with E-state index in [1.54, 1.807) is 4.90 Å². The zero-order valence-electron chi connectivity index (χ0n) is 13.8. The Hall–Kier alpha value is -2.34. The maximum atomic E-state index is 12.6. The molecule has 2 amide bonds. The van der Waals surface area contributed by atoms with E-state index in [0.29, 0.717) is 12.1 Å². The number of rotatable bonds is 4. The van der Waals surface area contributed by atoms with Crippen molar-refractivity contribution in [2.45, 2.75) is 25.4 Å². The molecule has 1 aromatic carbocycles. The molecule has 2 aliphatic heterocycles. The van der Waals surface area contributed by atoms with E-state index < -0.39 is 0 Å². The quantitative estimate of drug-likeness (QED) is 0.828. The molecule has 0 aliphatic carbocycles. The Morgan fingerprint density at radius 3 is 2.88 bits per heavy atom. The summed E-state index contributed by atoms with van der Waals surface area (Å²) in [5.41, 5.74) is 2.97. The first-order valence-electron chi connectivity index (χ1n) is 8.46. The van der Waals surface area contributed by atoms with Gasteiger partial charge in [0.1, 0.15) is 0 Å². The number of likely N-dealkylation sites (tertiary alicyclic amines) is 2. The number of nitrogens with zero attached hydrogens (tertiary/aromatic N) is 2. The molecule has 1 atom stereocenters. The zero-order chi connectivity index (χ0) is 16.7. The Bertz CT molecular complexity index is 778. The lowest BCUT2D eigenvalue weighted by Gasteiger charge is -2.41. The third kappa shape index (κ3) is 2.67. The summed E-state index contributed by atoms with van der Waals surface area (Å²) in [4.78, 5) is 30.3. The number of hydrogen-bond donors (Lipinski definition) is 2. The number of H-pyrrole nitrogens is 1. The SMILES string of the molecule is Cc1c[nH]c2ccc(C(=O)N3CC(NC4CCN(C=O)C4)C3)cc12. The lowest BCUT2D eigenvalue weighted by molar-refractivity contribution is -0.117. The molecule has 1 aromatic heterocycles. The smallest absolute Gasteiger partial charge is 0.253 e. The molecule has 6 nitrogen and oxygen atoms in total. The van der Waals surface area contributed by atoms with Gasteiger partial charge in [-0.15, -0.1) is 0 Å². The molecule has 2 fully saturated rings. The lowest BCUT2D eigenvalue weighted by atomic mass is 10.0. The predicted octanol–water partition coefficient (Wildman–Crippen LogP) is 1.12. The second kappa shape index (κ2) is 5.94. The van der Waals surface area contributed by atoms with Crippen LogP contribution in [0.25, 0.3) is 10.9 Å². The van der Waals surface area contributed by atoms with E-state index in [1.807, 2.05) is 36.2 Å². The molecule has 3 heterocycles. The molecule has 2 saturated heterocycles. The summed E-state index contributed by atoms with van der Waals surface area (Å²) in [6.07, 6.45) is 3.87. The van der Waals surface area contributed by atoms with Crippen LogP contribution < -0.4 is 5.32 Å². The number of aromatic nitrogens is 1. The molecule has 0 spiro atoms. The van der Waals surface area contributed by atoms with Crippen LogP contribution in [0, 0.1) is 6.92 Å². The van der Waals surface area contributed by atoms with E-state index in [0.717, 1.165) is 61.0 Å². The normalized spacial score (nSPS) is 21.3. The average Bonchev–Trinajstić information content (AvgIpc) is 3.16. The molecule has 2 aromatic rings. The van der Waals surface area contributed by atoms with Gasteiger partial charge in [-0.25, -0.2) is 0 Å². The molecule has 1 unspecified atom stereocenters. The summed E-state index contributed by atoms with van der Waals surface area (Å²) < 4.78 is 0. The van der Waals surface area contributed by atoms with Gasteiger partial charge in [-0.2, -0.15) is 0 Å². The van der Waals surface area contributed by atoms with Crippen molar-refractivity contribution in [3.05, 3.63) is 35.5 Å². The van der Waals surface area contributed by atoms with Crippen LogP contribution in [0.15, 0.2) is 24.4 Å². The van der Waals surface area contributed by atoms with Crippen LogP contribution in [0.5, 0.6) is 0 Å². The molecule has 2 N–H and O–H groups in total. The van der Waals surface area contributed by atoms with Gasteiger partial charge < -0.3 is 20.1 Å². The fraction of sp³-hybridized carbons (Fsp3) is 0.444. The zero-order valence-corrected chi connectivity index (χ0v) is 13.8. The molecular formula is C18H22N4O2. The van der Waals surface area contributed by atoms with E-state index in [1.165, 1.54) is 0 Å². The highest BCUT2D eigenvalue weighted by Crippen LogP contribution is 2.22. The van der Waals surface area contributed by atoms with Gasteiger partial charge in [0, 0.05) is 60.9 Å². The van der Waals surface area contributed by atoms with E-state index in [-0.39, 0.29) is 5.91 Å². The Morgan fingerprint density at radius 1 is 1.29 bits per heavy atom. The molecular weight excluding hydrogens is 304 g/mol. The first kappa shape index (κ1) is 15.2. The van der Waals surface area contributed by atoms with Crippen molar-refractivity contribution in [1.29, 1.82) is 0 Å². The van der Waals surface area contributed by atoms with E-state index in [2.05, 4.69) is 10.3 Å². The molecule has 0 radical (unpaired) electrons. The van der Waals surface area contributed by atoms with Gasteiger partial charge in [0.25, 0.3) is 5.91 Å². The van der Waals surface area contributed by atoms with E-state index in [9.17, 15) is 9.59 Å². The van der Waals surface area contributed by atoms with Gasteiger partial charge in [-0.05, 0) is 37.1 Å². The van der Waals surface area contributed by atoms with Gasteiger partial charge in [0.15, 0.2) is 0 Å². The van der Waals surface area contributed by atoms with Crippen LogP contribution in [0.2, 0.25) is 0 Å². The van der Waals surface area contributed by atoms with Crippen molar-refractivity contribution in [1.82, 2.24) is 20.1 Å². The summed E-state index contributed by atoms with van der Waals surface area (Å²) in [7, 11) is 0. The van der Waals surface area contributed by atoms with Gasteiger partial charge >= 0.3 is 0 Å². The van der Waals surface area contributed by atoms with Crippen molar-refractivity contribution in [3.8, 4) is 0 Å². The minimum atomic E-state index is 0.0940. The Balaban J connectivity index is 1.35. The first-order chi connectivity index (χ1) is 11.6. The van der Waals surface area contributed by atoms with Gasteiger partial charge in [0.2, 0.25) is 6.41 Å². The maximum absolute atomic E-state index is 12.6. The number of aryl methyl sites for hydroxylation is 1. The number of aromatic amines is 1. The third-order valence-corrected chi connectivity index (χ3v) is 5.14. The summed E-state index contributed by atoms with van der Waals surface area (Å²) in [5.74, 6) is 0.0940. The average molecular weight is 326 g/mol. The Kier molecular flexibility index (Phi) is 3.76. The maximum Gasteiger partial charge on any atom is 0.253 e. The number of benzene rings is 1. The summed E-state index contributed by atoms with van der Waals surface area (Å²) in [5, 5.41) is 4.66. The third-order valence-electron chi connectivity index (χ3n) is 5.14. The van der Waals surface area contributed by atoms with Crippen molar-refractivity contribution < 1.29 is 9.59 Å². The summed E-state index contributed by atoms with van der Waals surface area (Å²) in [6.45, 7) is 5.12. The highest BCUT2D eigenvalue weighted by molar-refractivity contribution is 5.99. The highest BCUT2D eigenvalue weighted by atomic mass is 16.2. The number of carbonyl (C=O) groups excluding carboxylic acids is 2. The van der Waals surface area contributed by atoms with Crippen LogP contribution in [-0.4, -0.2) is 65.4 Å². The molecule has 6 heteroatoms. The Labute approximate surface area is 140 Å². The van der Waals surface area contributed by atoms with Crippen LogP contribution >= 0.6 is 0 Å². The largest absolute Gasteiger partial charge is 0.361 e. The van der Waals surface area contributed by atoms with Crippen LogP contribution in [0.4, 0.5) is 0 Å². The van der Waals surface area contributed by atoms with Crippen LogP contribution in [0.1, 0.15) is 22.3 Å². The molecule has 24 heavy (non-hydrogen) atoms. The first-order valence-corrected chi connectivity index (χ1v) is 8.46. The van der Waals surface area contributed by atoms with Crippen molar-refractivity contribution in [2.24, 2.45) is 0 Å². The Morgan fingerprint density at radius 2 is 2.12 bits per heavy atom. The molecule has 126 valence electrons. The van der Waals surface area contributed by atoms with Gasteiger partial charge in [-0.1, -0.05) is 0 Å². The molecule has 4 rings (SSSR count). The summed E-state index contributed by atoms with van der Waals surface area (Å²) in [6, 6.07) is 6.53. The predicted molar refractivity (Wildman–Crippen MR) is 91.9 cm³/mol. The number of carbonyl (C=O) groups is 2. The molecule has 2 aliphatic rings. The minimum Gasteiger partial charge on any atom is -0.361 e. The number of nitrogens with one attached hydrogen (secondary N) is 2. The fourth-order valence-corrected chi connectivity index (χ4v) is 3.68. The van der Waals surface area contributed by atoms with E-state index in [4.69, 9.17) is 0 Å². The topological polar surface area (TPSA) is 68.4 Å². The van der Waals surface area contributed by atoms with Gasteiger partial charge in [-0.3, -0.25) is 9.59 Å².